The molecule has 3 heterocycles. The van der Waals surface area contributed by atoms with Crippen LogP contribution in [0.1, 0.15) is 53.5 Å². The Bertz CT molecular complexity index is 1280. The number of anilines is 1. The highest BCUT2D eigenvalue weighted by atomic mass is 32.1. The van der Waals surface area contributed by atoms with E-state index in [-0.39, 0.29) is 17.4 Å². The number of benzene rings is 1. The molecule has 9 nitrogen and oxygen atoms in total. The van der Waals surface area contributed by atoms with E-state index >= 15 is 0 Å². The Kier molecular flexibility index (Phi) is 7.11. The zero-order valence-corrected chi connectivity index (χ0v) is 21.0. The van der Waals surface area contributed by atoms with E-state index in [0.717, 1.165) is 27.6 Å². The van der Waals surface area contributed by atoms with Crippen LogP contribution in [-0.2, 0) is 5.41 Å². The van der Waals surface area contributed by atoms with Gasteiger partial charge < -0.3 is 21.1 Å². The number of carbonyl (C=O) groups excluding carboxylic acids is 1. The average Bonchev–Trinajstić information content (AvgIpc) is 3.35. The first kappa shape index (κ1) is 24.3. The van der Waals surface area contributed by atoms with Gasteiger partial charge in [0.2, 0.25) is 5.95 Å². The summed E-state index contributed by atoms with van der Waals surface area (Å²) >= 11 is 1.43. The number of nitrogens with two attached hydrogens (primary N) is 1. The van der Waals surface area contributed by atoms with Gasteiger partial charge in [-0.15, -0.1) is 11.3 Å². The predicted octanol–water partition coefficient (Wildman–Crippen LogP) is 4.06. The number of aromatic nitrogens is 3. The van der Waals surface area contributed by atoms with E-state index in [2.05, 4.69) is 51.3 Å². The lowest BCUT2D eigenvalue weighted by Gasteiger charge is -2.27. The first-order chi connectivity index (χ1) is 16.8. The van der Waals surface area contributed by atoms with Gasteiger partial charge in [-0.25, -0.2) is 15.0 Å². The van der Waals surface area contributed by atoms with Crippen molar-refractivity contribution < 1.29 is 9.53 Å². The van der Waals surface area contributed by atoms with Crippen LogP contribution in [0.3, 0.4) is 0 Å². The van der Waals surface area contributed by atoms with Gasteiger partial charge in [-0.1, -0.05) is 32.9 Å². The van der Waals surface area contributed by atoms with Gasteiger partial charge in [0.1, 0.15) is 10.6 Å². The largest absolute Gasteiger partial charge is 0.493 e. The molecule has 10 heteroatoms. The van der Waals surface area contributed by atoms with Crippen LogP contribution in [0.5, 0.6) is 5.75 Å². The fourth-order valence-electron chi connectivity index (χ4n) is 3.62. The smallest absolute Gasteiger partial charge is 0.263 e. The lowest BCUT2D eigenvalue weighted by Crippen LogP contribution is -2.31. The Balaban J connectivity index is 1.53. The number of thiazole rings is 1. The third-order valence-electron chi connectivity index (χ3n) is 5.38. The molecule has 1 aliphatic heterocycles. The van der Waals surface area contributed by atoms with Gasteiger partial charge in [-0.05, 0) is 12.1 Å². The molecule has 1 aliphatic rings. The number of fused-ring (bicyclic) bond motifs is 1. The summed E-state index contributed by atoms with van der Waals surface area (Å²) < 4.78 is 5.93. The van der Waals surface area contributed by atoms with Crippen LogP contribution in [0, 0.1) is 0 Å². The fraction of sp³-hybridized carbons (Fsp3) is 0.320. The standard InChI is InChI=1S/C25H29N7O2S/c1-25(2,3)23-29-14-21(35-23)22(33)31-19-8-10-34-20-11-15(5-6-17(19)20)18-7-9-28-24(32-18)30-16(12-26)13-27-4/h5-7,9,11-14,19H,8,10,26H2,1-4H3,(H,31,33)(H,28,30,32)/b16-12+,27-13?. The monoisotopic (exact) mass is 491 g/mol. The normalized spacial score (nSPS) is 16.0. The van der Waals surface area contributed by atoms with Crippen LogP contribution in [0.4, 0.5) is 5.95 Å². The van der Waals surface area contributed by atoms with Gasteiger partial charge in [0.25, 0.3) is 5.91 Å². The molecule has 0 spiro atoms. The van der Waals surface area contributed by atoms with Gasteiger partial charge in [-0.2, -0.15) is 0 Å². The highest BCUT2D eigenvalue weighted by Crippen LogP contribution is 2.36. The third-order valence-corrected chi connectivity index (χ3v) is 6.81. The van der Waals surface area contributed by atoms with E-state index < -0.39 is 0 Å². The summed E-state index contributed by atoms with van der Waals surface area (Å²) in [6.07, 6.45) is 7.01. The molecule has 3 aromatic rings. The number of nitrogens with zero attached hydrogens (tertiary/aromatic N) is 4. The number of allylic oxidation sites excluding steroid dienone is 1. The number of amides is 1. The maximum atomic E-state index is 12.9. The number of hydrogen-bond acceptors (Lipinski definition) is 9. The van der Waals surface area contributed by atoms with Gasteiger partial charge in [0, 0.05) is 48.6 Å². The van der Waals surface area contributed by atoms with Crippen LogP contribution in [0.15, 0.2) is 53.5 Å². The van der Waals surface area contributed by atoms with Crippen molar-refractivity contribution in [3.63, 3.8) is 0 Å². The average molecular weight is 492 g/mol. The van der Waals surface area contributed by atoms with Crippen molar-refractivity contribution in [2.75, 3.05) is 19.0 Å². The molecule has 1 amide bonds. The zero-order chi connectivity index (χ0) is 25.0. The molecule has 182 valence electrons. The van der Waals surface area contributed by atoms with E-state index in [1.165, 1.54) is 17.5 Å². The van der Waals surface area contributed by atoms with Crippen molar-refractivity contribution in [2.45, 2.75) is 38.6 Å². The van der Waals surface area contributed by atoms with Crippen LogP contribution in [-0.4, -0.2) is 40.7 Å². The Morgan fingerprint density at radius 2 is 2.11 bits per heavy atom. The first-order valence-corrected chi connectivity index (χ1v) is 12.1. The first-order valence-electron chi connectivity index (χ1n) is 11.3. The third kappa shape index (κ3) is 5.65. The molecule has 0 bridgehead atoms. The fourth-order valence-corrected chi connectivity index (χ4v) is 4.50. The van der Waals surface area contributed by atoms with Gasteiger partial charge in [0.15, 0.2) is 0 Å². The van der Waals surface area contributed by atoms with Crippen LogP contribution < -0.4 is 21.1 Å². The van der Waals surface area contributed by atoms with Crippen molar-refractivity contribution in [3.05, 3.63) is 64.0 Å². The number of hydrogen-bond donors (Lipinski definition) is 3. The lowest BCUT2D eigenvalue weighted by molar-refractivity contribution is 0.0928. The summed E-state index contributed by atoms with van der Waals surface area (Å²) in [6, 6.07) is 7.57. The maximum Gasteiger partial charge on any atom is 0.263 e. The molecule has 0 aliphatic carbocycles. The second kappa shape index (κ2) is 10.2. The molecule has 2 aromatic heterocycles. The van der Waals surface area contributed by atoms with Gasteiger partial charge in [0.05, 0.1) is 35.2 Å². The lowest BCUT2D eigenvalue weighted by atomic mass is 9.97. The van der Waals surface area contributed by atoms with E-state index in [1.54, 1.807) is 25.7 Å². The van der Waals surface area contributed by atoms with Crippen molar-refractivity contribution >= 4 is 29.4 Å². The highest BCUT2D eigenvalue weighted by Gasteiger charge is 2.26. The quantitative estimate of drug-likeness (QED) is 0.444. The highest BCUT2D eigenvalue weighted by molar-refractivity contribution is 7.13. The maximum absolute atomic E-state index is 12.9. The van der Waals surface area contributed by atoms with Gasteiger partial charge >= 0.3 is 0 Å². The second-order valence-electron chi connectivity index (χ2n) is 9.10. The summed E-state index contributed by atoms with van der Waals surface area (Å²) in [6.45, 7) is 6.77. The number of carbonyl (C=O) groups is 1. The van der Waals surface area contributed by atoms with E-state index in [0.29, 0.717) is 29.6 Å². The van der Waals surface area contributed by atoms with Crippen molar-refractivity contribution in [2.24, 2.45) is 10.7 Å². The van der Waals surface area contributed by atoms with Gasteiger partial charge in [-0.3, -0.25) is 9.79 Å². The molecule has 35 heavy (non-hydrogen) atoms. The molecule has 1 atom stereocenters. The molecule has 4 N–H and O–H groups in total. The van der Waals surface area contributed by atoms with Crippen LogP contribution in [0.2, 0.25) is 0 Å². The van der Waals surface area contributed by atoms with Crippen molar-refractivity contribution in [1.29, 1.82) is 0 Å². The Labute approximate surface area is 208 Å². The zero-order valence-electron chi connectivity index (χ0n) is 20.2. The molecular weight excluding hydrogens is 462 g/mol. The van der Waals surface area contributed by atoms with E-state index in [4.69, 9.17) is 10.5 Å². The molecule has 1 aromatic carbocycles. The van der Waals surface area contributed by atoms with Crippen molar-refractivity contribution in [3.8, 4) is 17.0 Å². The molecular formula is C25H29N7O2S. The van der Waals surface area contributed by atoms with E-state index in [9.17, 15) is 4.79 Å². The summed E-state index contributed by atoms with van der Waals surface area (Å²) in [5.74, 6) is 1.01. The number of aliphatic imine (C=N–C) groups is 1. The Morgan fingerprint density at radius 1 is 1.29 bits per heavy atom. The molecule has 1 unspecified atom stereocenters. The topological polar surface area (TPSA) is 127 Å². The molecule has 0 radical (unpaired) electrons. The molecule has 0 saturated heterocycles. The Hall–Kier alpha value is -3.79. The SMILES string of the molecule is CN=C/C(=C\N)Nc1nccc(-c2ccc3c(c2)OCCC3NC(=O)c2cnc(C(C)(C)C)s2)n1. The minimum atomic E-state index is -0.145. The van der Waals surface area contributed by atoms with Crippen LogP contribution in [0.25, 0.3) is 11.3 Å². The summed E-state index contributed by atoms with van der Waals surface area (Å²) in [7, 11) is 1.66. The molecule has 0 fully saturated rings. The van der Waals surface area contributed by atoms with E-state index in [1.807, 2.05) is 24.3 Å². The minimum absolute atomic E-state index is 0.0903. The number of nitrogens with one attached hydrogen (secondary N) is 2. The minimum Gasteiger partial charge on any atom is -0.493 e. The Morgan fingerprint density at radius 3 is 2.83 bits per heavy atom. The number of ether oxygens (including phenoxy) is 1. The predicted molar refractivity (Wildman–Crippen MR) is 139 cm³/mol. The van der Waals surface area contributed by atoms with Crippen molar-refractivity contribution in [1.82, 2.24) is 20.3 Å². The summed E-state index contributed by atoms with van der Waals surface area (Å²) in [5.41, 5.74) is 8.66. The summed E-state index contributed by atoms with van der Waals surface area (Å²) in [5, 5.41) is 7.13. The molecule has 4 rings (SSSR count). The summed E-state index contributed by atoms with van der Waals surface area (Å²) in [4.78, 5) is 30.7. The second-order valence-corrected chi connectivity index (χ2v) is 10.1. The molecule has 0 saturated carbocycles. The van der Waals surface area contributed by atoms with Crippen LogP contribution >= 0.6 is 11.3 Å². The number of rotatable bonds is 6.